The molecule has 1 fully saturated rings. The molecule has 2 atom stereocenters. The zero-order valence-corrected chi connectivity index (χ0v) is 23.5. The Morgan fingerprint density at radius 1 is 1.18 bits per heavy atom. The van der Waals surface area contributed by atoms with Crippen molar-refractivity contribution in [2.45, 2.75) is 51.4 Å². The average molecular weight is 585 g/mol. The van der Waals surface area contributed by atoms with E-state index in [9.17, 15) is 17.6 Å². The summed E-state index contributed by atoms with van der Waals surface area (Å²) in [5, 5.41) is 7.20. The van der Waals surface area contributed by atoms with Crippen LogP contribution in [0.2, 0.25) is 10.0 Å². The average Bonchev–Trinajstić information content (AvgIpc) is 3.15. The van der Waals surface area contributed by atoms with Gasteiger partial charge in [-0.25, -0.2) is 8.78 Å². The van der Waals surface area contributed by atoms with E-state index in [1.54, 1.807) is 13.0 Å². The van der Waals surface area contributed by atoms with Gasteiger partial charge in [-0.15, -0.1) is 0 Å². The van der Waals surface area contributed by atoms with Gasteiger partial charge < -0.3 is 10.3 Å². The van der Waals surface area contributed by atoms with Crippen molar-refractivity contribution in [3.63, 3.8) is 0 Å². The zero-order valence-electron chi connectivity index (χ0n) is 22.0. The zero-order chi connectivity index (χ0) is 29.3. The standard InChI is InChI=1S/C30H31Cl2F5N2/c1-17(2)24-7-6-20(11-21(24)10-19-8-9-39(18(19)3)16-29(4,5)34)27(33)14-25(30(35,36)37)22-12-23(15-38)28(32)26(31)13-22/h6-7,11-15,19,25,38H,1,3,8-10,16H2,2,4-5H3/b27-14-,38-15?. The predicted molar refractivity (Wildman–Crippen MR) is 151 cm³/mol. The van der Waals surface area contributed by atoms with E-state index >= 15 is 4.39 Å². The van der Waals surface area contributed by atoms with Gasteiger partial charge >= 0.3 is 6.18 Å². The highest BCUT2D eigenvalue weighted by Gasteiger charge is 2.40. The summed E-state index contributed by atoms with van der Waals surface area (Å²) in [5.41, 5.74) is 1.28. The van der Waals surface area contributed by atoms with Crippen LogP contribution in [-0.4, -0.2) is 36.0 Å². The van der Waals surface area contributed by atoms with Gasteiger partial charge in [-0.1, -0.05) is 54.1 Å². The molecule has 2 aromatic carbocycles. The van der Waals surface area contributed by atoms with Gasteiger partial charge in [0.05, 0.1) is 16.6 Å². The Labute approximate surface area is 236 Å². The maximum absolute atomic E-state index is 15.5. The van der Waals surface area contributed by atoms with Crippen molar-refractivity contribution in [3.05, 3.63) is 93.1 Å². The second-order valence-electron chi connectivity index (χ2n) is 10.6. The number of nitrogens with one attached hydrogen (secondary N) is 1. The molecule has 1 saturated heterocycles. The first-order valence-corrected chi connectivity index (χ1v) is 13.1. The summed E-state index contributed by atoms with van der Waals surface area (Å²) >= 11 is 12.0. The molecule has 0 radical (unpaired) electrons. The van der Waals surface area contributed by atoms with Crippen LogP contribution in [0.3, 0.4) is 0 Å². The van der Waals surface area contributed by atoms with E-state index in [0.717, 1.165) is 47.2 Å². The minimum atomic E-state index is -4.83. The molecule has 0 saturated carbocycles. The van der Waals surface area contributed by atoms with Crippen molar-refractivity contribution in [2.24, 2.45) is 5.92 Å². The van der Waals surface area contributed by atoms with Gasteiger partial charge in [0, 0.05) is 35.5 Å². The van der Waals surface area contributed by atoms with Crippen molar-refractivity contribution in [1.29, 1.82) is 5.41 Å². The van der Waals surface area contributed by atoms with Crippen molar-refractivity contribution < 1.29 is 22.0 Å². The van der Waals surface area contributed by atoms with Crippen LogP contribution >= 0.6 is 23.2 Å². The monoisotopic (exact) mass is 584 g/mol. The van der Waals surface area contributed by atoms with E-state index in [2.05, 4.69) is 13.2 Å². The molecule has 2 nitrogen and oxygen atoms in total. The molecule has 0 aliphatic carbocycles. The van der Waals surface area contributed by atoms with Crippen LogP contribution in [0.15, 0.2) is 55.3 Å². The molecule has 0 amide bonds. The lowest BCUT2D eigenvalue weighted by Crippen LogP contribution is -2.33. The van der Waals surface area contributed by atoms with Crippen LogP contribution in [0.1, 0.15) is 60.9 Å². The van der Waals surface area contributed by atoms with E-state index in [1.165, 1.54) is 26.0 Å². The summed E-state index contributed by atoms with van der Waals surface area (Å²) < 4.78 is 71.9. The maximum Gasteiger partial charge on any atom is 0.399 e. The van der Waals surface area contributed by atoms with Gasteiger partial charge in [-0.05, 0) is 74.6 Å². The minimum absolute atomic E-state index is 0.00249. The van der Waals surface area contributed by atoms with Gasteiger partial charge in [-0.2, -0.15) is 13.2 Å². The highest BCUT2D eigenvalue weighted by molar-refractivity contribution is 6.43. The lowest BCUT2D eigenvalue weighted by atomic mass is 9.89. The third-order valence-corrected chi connectivity index (χ3v) is 7.57. The van der Waals surface area contributed by atoms with Crippen molar-refractivity contribution in [3.8, 4) is 0 Å². The van der Waals surface area contributed by atoms with Gasteiger partial charge in [0.1, 0.15) is 17.4 Å². The first-order chi connectivity index (χ1) is 18.0. The number of likely N-dealkylation sites (tertiary alicyclic amines) is 1. The molecule has 1 aliphatic rings. The molecular weight excluding hydrogens is 554 g/mol. The summed E-state index contributed by atoms with van der Waals surface area (Å²) in [6, 6.07) is 6.72. The molecule has 39 heavy (non-hydrogen) atoms. The lowest BCUT2D eigenvalue weighted by molar-refractivity contribution is -0.139. The summed E-state index contributed by atoms with van der Waals surface area (Å²) in [7, 11) is 0. The Hall–Kier alpha value is -2.64. The highest BCUT2D eigenvalue weighted by atomic mass is 35.5. The lowest BCUT2D eigenvalue weighted by Gasteiger charge is -2.27. The summed E-state index contributed by atoms with van der Waals surface area (Å²) in [6.07, 6.45) is -2.34. The van der Waals surface area contributed by atoms with Crippen molar-refractivity contribution in [1.82, 2.24) is 4.90 Å². The topological polar surface area (TPSA) is 27.1 Å². The summed E-state index contributed by atoms with van der Waals surface area (Å²) in [5.74, 6) is -3.39. The van der Waals surface area contributed by atoms with Crippen LogP contribution in [0, 0.1) is 11.3 Å². The third-order valence-electron chi connectivity index (χ3n) is 6.76. The normalized spacial score (nSPS) is 17.5. The molecule has 2 unspecified atom stereocenters. The Kier molecular flexibility index (Phi) is 9.39. The van der Waals surface area contributed by atoms with Crippen molar-refractivity contribution >= 4 is 40.8 Å². The number of alkyl halides is 4. The molecular formula is C30H31Cl2F5N2. The van der Waals surface area contributed by atoms with Gasteiger partial charge in [0.2, 0.25) is 0 Å². The highest BCUT2D eigenvalue weighted by Crippen LogP contribution is 2.41. The Morgan fingerprint density at radius 2 is 1.85 bits per heavy atom. The molecule has 9 heteroatoms. The van der Waals surface area contributed by atoms with E-state index in [4.69, 9.17) is 28.6 Å². The Bertz CT molecular complexity index is 1310. The van der Waals surface area contributed by atoms with E-state index in [-0.39, 0.29) is 39.2 Å². The second-order valence-corrected chi connectivity index (χ2v) is 11.3. The number of allylic oxidation sites excluding steroid dienone is 3. The van der Waals surface area contributed by atoms with Crippen molar-refractivity contribution in [2.75, 3.05) is 13.1 Å². The molecule has 210 valence electrons. The number of nitrogens with zero attached hydrogens (tertiary/aromatic N) is 1. The molecule has 0 aromatic heterocycles. The van der Waals surface area contributed by atoms with E-state index in [1.807, 2.05) is 4.90 Å². The maximum atomic E-state index is 15.5. The third kappa shape index (κ3) is 7.52. The number of rotatable bonds is 9. The van der Waals surface area contributed by atoms with E-state index < -0.39 is 23.6 Å². The Balaban J connectivity index is 1.98. The number of benzene rings is 2. The van der Waals surface area contributed by atoms with Gasteiger partial charge in [-0.3, -0.25) is 0 Å². The molecule has 3 rings (SSSR count). The fourth-order valence-corrected chi connectivity index (χ4v) is 5.27. The molecule has 1 heterocycles. The van der Waals surface area contributed by atoms with Crippen LogP contribution in [0.25, 0.3) is 11.4 Å². The smallest absolute Gasteiger partial charge is 0.372 e. The van der Waals surface area contributed by atoms with Crippen LogP contribution < -0.4 is 0 Å². The SMILES string of the molecule is C=C(C)c1ccc(/C(F)=C/C(c2cc(Cl)c(Cl)c(C=N)c2)C(F)(F)F)cc1CC1CCN(CC(C)(C)F)C1=C. The van der Waals surface area contributed by atoms with Crippen LogP contribution in [-0.2, 0) is 6.42 Å². The molecule has 1 N–H and O–H groups in total. The fourth-order valence-electron chi connectivity index (χ4n) is 4.87. The second kappa shape index (κ2) is 11.8. The number of halogens is 7. The quantitative estimate of drug-likeness (QED) is 0.230. The molecule has 0 bridgehead atoms. The Morgan fingerprint density at radius 3 is 2.41 bits per heavy atom. The summed E-state index contributed by atoms with van der Waals surface area (Å²) in [4.78, 5) is 1.91. The predicted octanol–water partition coefficient (Wildman–Crippen LogP) is 9.81. The summed E-state index contributed by atoms with van der Waals surface area (Å²) in [6.45, 7) is 13.8. The van der Waals surface area contributed by atoms with E-state index in [0.29, 0.717) is 19.0 Å². The fraction of sp³-hybridized carbons (Fsp3) is 0.367. The minimum Gasteiger partial charge on any atom is -0.372 e. The largest absolute Gasteiger partial charge is 0.399 e. The first kappa shape index (κ1) is 30.9. The molecule has 0 spiro atoms. The van der Waals surface area contributed by atoms with Gasteiger partial charge in [0.25, 0.3) is 0 Å². The first-order valence-electron chi connectivity index (χ1n) is 12.4. The molecule has 2 aromatic rings. The molecule has 1 aliphatic heterocycles. The number of hydrogen-bond acceptors (Lipinski definition) is 2. The number of hydrogen-bond donors (Lipinski definition) is 1. The van der Waals surface area contributed by atoms with Crippen LogP contribution in [0.4, 0.5) is 22.0 Å². The van der Waals surface area contributed by atoms with Crippen LogP contribution in [0.5, 0.6) is 0 Å². The van der Waals surface area contributed by atoms with Gasteiger partial charge in [0.15, 0.2) is 0 Å².